The van der Waals surface area contributed by atoms with Gasteiger partial charge in [0.25, 0.3) is 0 Å². The molecule has 0 heterocycles. The zero-order chi connectivity index (χ0) is 18.6. The van der Waals surface area contributed by atoms with Gasteiger partial charge in [0, 0.05) is 5.02 Å². The fourth-order valence-electron chi connectivity index (χ4n) is 2.25. The second-order valence-electron chi connectivity index (χ2n) is 5.50. The van der Waals surface area contributed by atoms with Crippen molar-refractivity contribution in [2.45, 2.75) is 6.92 Å². The fourth-order valence-corrected chi connectivity index (χ4v) is 3.23. The highest BCUT2D eigenvalue weighted by molar-refractivity contribution is 7.92. The van der Waals surface area contributed by atoms with Gasteiger partial charge in [-0.15, -0.1) is 0 Å². The van der Waals surface area contributed by atoms with Crippen molar-refractivity contribution in [2.24, 2.45) is 0 Å². The van der Waals surface area contributed by atoms with E-state index in [1.165, 1.54) is 7.11 Å². The Balaban J connectivity index is 2.23. The molecule has 0 aliphatic rings. The third-order valence-electron chi connectivity index (χ3n) is 3.43. The van der Waals surface area contributed by atoms with Crippen LogP contribution in [0.25, 0.3) is 0 Å². The monoisotopic (exact) mass is 382 g/mol. The standard InChI is InChI=1S/C17H19ClN2O4S/c1-12-4-9-16(24-2)15(10-12)19-17(21)11-20(25(3,22)23)14-7-5-13(18)6-8-14/h4-10H,11H2,1-3H3,(H,19,21). The zero-order valence-electron chi connectivity index (χ0n) is 14.1. The van der Waals surface area contributed by atoms with Crippen LogP contribution in [0.15, 0.2) is 42.5 Å². The van der Waals surface area contributed by atoms with Crippen LogP contribution in [0.5, 0.6) is 5.75 Å². The van der Waals surface area contributed by atoms with Gasteiger partial charge in [-0.3, -0.25) is 9.10 Å². The molecule has 0 bridgehead atoms. The third kappa shape index (κ3) is 5.11. The summed E-state index contributed by atoms with van der Waals surface area (Å²) in [6.45, 7) is 1.52. The SMILES string of the molecule is COc1ccc(C)cc1NC(=O)CN(c1ccc(Cl)cc1)S(C)(=O)=O. The maximum atomic E-state index is 12.4. The average molecular weight is 383 g/mol. The van der Waals surface area contributed by atoms with Gasteiger partial charge in [-0.1, -0.05) is 17.7 Å². The molecule has 0 fully saturated rings. The molecule has 134 valence electrons. The number of hydrogen-bond acceptors (Lipinski definition) is 4. The minimum absolute atomic E-state index is 0.359. The molecule has 1 amide bonds. The number of carbonyl (C=O) groups excluding carboxylic acids is 1. The Labute approximate surface area is 152 Å². The molecule has 0 radical (unpaired) electrons. The highest BCUT2D eigenvalue weighted by Crippen LogP contribution is 2.26. The summed E-state index contributed by atoms with van der Waals surface area (Å²) in [6.07, 6.45) is 1.04. The smallest absolute Gasteiger partial charge is 0.245 e. The van der Waals surface area contributed by atoms with Gasteiger partial charge < -0.3 is 10.1 Å². The number of ether oxygens (including phenoxy) is 1. The number of rotatable bonds is 6. The van der Waals surface area contributed by atoms with E-state index in [1.807, 2.05) is 13.0 Å². The number of methoxy groups -OCH3 is 1. The Morgan fingerprint density at radius 1 is 1.20 bits per heavy atom. The zero-order valence-corrected chi connectivity index (χ0v) is 15.7. The summed E-state index contributed by atoms with van der Waals surface area (Å²) in [5.74, 6) is 0.0145. The van der Waals surface area contributed by atoms with Crippen LogP contribution in [0.1, 0.15) is 5.56 Å². The Morgan fingerprint density at radius 3 is 2.40 bits per heavy atom. The van der Waals surface area contributed by atoms with Crippen LogP contribution in [0.4, 0.5) is 11.4 Å². The molecule has 0 unspecified atom stereocenters. The number of halogens is 1. The first-order chi connectivity index (χ1) is 11.7. The van der Waals surface area contributed by atoms with Crippen LogP contribution in [0, 0.1) is 6.92 Å². The highest BCUT2D eigenvalue weighted by Gasteiger charge is 2.21. The molecule has 2 aromatic rings. The number of anilines is 2. The second-order valence-corrected chi connectivity index (χ2v) is 7.84. The average Bonchev–Trinajstić information content (AvgIpc) is 2.53. The van der Waals surface area contributed by atoms with E-state index in [4.69, 9.17) is 16.3 Å². The summed E-state index contributed by atoms with van der Waals surface area (Å²) >= 11 is 5.83. The maximum absolute atomic E-state index is 12.4. The van der Waals surface area contributed by atoms with Crippen LogP contribution >= 0.6 is 11.6 Å². The number of benzene rings is 2. The summed E-state index contributed by atoms with van der Waals surface area (Å²) in [5.41, 5.74) is 1.78. The number of nitrogens with zero attached hydrogens (tertiary/aromatic N) is 1. The molecule has 2 aromatic carbocycles. The molecule has 6 nitrogen and oxygen atoms in total. The summed E-state index contributed by atoms with van der Waals surface area (Å²) < 4.78 is 30.4. The van der Waals surface area contributed by atoms with Crippen molar-refractivity contribution < 1.29 is 17.9 Å². The molecule has 0 spiro atoms. The quantitative estimate of drug-likeness (QED) is 0.833. The molecule has 25 heavy (non-hydrogen) atoms. The van der Waals surface area contributed by atoms with Crippen LogP contribution in [0.2, 0.25) is 5.02 Å². The van der Waals surface area contributed by atoms with Crippen molar-refractivity contribution in [1.82, 2.24) is 0 Å². The second kappa shape index (κ2) is 7.76. The van der Waals surface area contributed by atoms with Crippen LogP contribution in [-0.4, -0.2) is 34.2 Å². The predicted octanol–water partition coefficient (Wildman–Crippen LogP) is 3.06. The molecular formula is C17H19ClN2O4S. The Kier molecular flexibility index (Phi) is 5.92. The number of sulfonamides is 1. The number of hydrogen-bond donors (Lipinski definition) is 1. The van der Waals surface area contributed by atoms with Gasteiger partial charge in [0.1, 0.15) is 12.3 Å². The summed E-state index contributed by atoms with van der Waals surface area (Å²) in [7, 11) is -2.15. The fraction of sp³-hybridized carbons (Fsp3) is 0.235. The van der Waals surface area contributed by atoms with Gasteiger partial charge in [0.2, 0.25) is 15.9 Å². The van der Waals surface area contributed by atoms with Crippen LogP contribution < -0.4 is 14.4 Å². The van der Waals surface area contributed by atoms with Crippen molar-refractivity contribution in [3.8, 4) is 5.75 Å². The van der Waals surface area contributed by atoms with Gasteiger partial charge in [0.15, 0.2) is 0 Å². The van der Waals surface area contributed by atoms with Crippen molar-refractivity contribution in [1.29, 1.82) is 0 Å². The lowest BCUT2D eigenvalue weighted by molar-refractivity contribution is -0.114. The first-order valence-electron chi connectivity index (χ1n) is 7.38. The van der Waals surface area contributed by atoms with Gasteiger partial charge in [-0.2, -0.15) is 0 Å². The molecule has 0 saturated heterocycles. The molecule has 1 N–H and O–H groups in total. The van der Waals surface area contributed by atoms with E-state index in [9.17, 15) is 13.2 Å². The molecule has 2 rings (SSSR count). The number of carbonyl (C=O) groups is 1. The van der Waals surface area contributed by atoms with E-state index in [0.717, 1.165) is 16.1 Å². The molecule has 0 aliphatic carbocycles. The van der Waals surface area contributed by atoms with Crippen molar-refractivity contribution in [2.75, 3.05) is 29.5 Å². The molecule has 0 aromatic heterocycles. The Hall–Kier alpha value is -2.25. The van der Waals surface area contributed by atoms with E-state index in [1.54, 1.807) is 36.4 Å². The largest absolute Gasteiger partial charge is 0.495 e. The maximum Gasteiger partial charge on any atom is 0.245 e. The Bertz CT molecular complexity index is 867. The van der Waals surface area contributed by atoms with E-state index in [2.05, 4.69) is 5.32 Å². The van der Waals surface area contributed by atoms with Gasteiger partial charge in [0.05, 0.1) is 24.7 Å². The first kappa shape index (κ1) is 19.1. The van der Waals surface area contributed by atoms with Crippen LogP contribution in [0.3, 0.4) is 0 Å². The van der Waals surface area contributed by atoms with Crippen LogP contribution in [-0.2, 0) is 14.8 Å². The topological polar surface area (TPSA) is 75.7 Å². The summed E-state index contributed by atoms with van der Waals surface area (Å²) in [5, 5.41) is 3.17. The van der Waals surface area contributed by atoms with E-state index in [0.29, 0.717) is 22.1 Å². The molecular weight excluding hydrogens is 364 g/mol. The number of aryl methyl sites for hydroxylation is 1. The number of nitrogens with one attached hydrogen (secondary N) is 1. The lowest BCUT2D eigenvalue weighted by Gasteiger charge is -2.22. The molecule has 0 saturated carbocycles. The predicted molar refractivity (Wildman–Crippen MR) is 100 cm³/mol. The van der Waals surface area contributed by atoms with Crippen molar-refractivity contribution in [3.63, 3.8) is 0 Å². The number of amides is 1. The van der Waals surface area contributed by atoms with Gasteiger partial charge >= 0.3 is 0 Å². The third-order valence-corrected chi connectivity index (χ3v) is 4.82. The minimum Gasteiger partial charge on any atom is -0.495 e. The molecule has 0 aliphatic heterocycles. The van der Waals surface area contributed by atoms with Gasteiger partial charge in [-0.05, 0) is 48.9 Å². The molecule has 8 heteroatoms. The highest BCUT2D eigenvalue weighted by atomic mass is 35.5. The Morgan fingerprint density at radius 2 is 1.84 bits per heavy atom. The van der Waals surface area contributed by atoms with Crippen molar-refractivity contribution >= 4 is 38.9 Å². The lowest BCUT2D eigenvalue weighted by Crippen LogP contribution is -2.37. The van der Waals surface area contributed by atoms with Crippen molar-refractivity contribution in [3.05, 3.63) is 53.1 Å². The summed E-state index contributed by atoms with van der Waals surface area (Å²) in [4.78, 5) is 12.4. The van der Waals surface area contributed by atoms with E-state index < -0.39 is 15.9 Å². The lowest BCUT2D eigenvalue weighted by atomic mass is 10.2. The summed E-state index contributed by atoms with van der Waals surface area (Å²) in [6, 6.07) is 11.6. The van der Waals surface area contributed by atoms with Gasteiger partial charge in [-0.25, -0.2) is 8.42 Å². The van der Waals surface area contributed by atoms with E-state index >= 15 is 0 Å². The molecule has 0 atom stereocenters. The minimum atomic E-state index is -3.64. The normalized spacial score (nSPS) is 11.0. The first-order valence-corrected chi connectivity index (χ1v) is 9.61. The van der Waals surface area contributed by atoms with E-state index in [-0.39, 0.29) is 6.54 Å².